The maximum Gasteiger partial charge on any atom is 0.278 e. The molecular weight excluding hydrogens is 340 g/mol. The quantitative estimate of drug-likeness (QED) is 0.688. The lowest BCUT2D eigenvalue weighted by Crippen LogP contribution is -2.17. The van der Waals surface area contributed by atoms with Crippen LogP contribution in [0.2, 0.25) is 0 Å². The van der Waals surface area contributed by atoms with Crippen LogP contribution in [0.1, 0.15) is 44.1 Å². The van der Waals surface area contributed by atoms with Crippen LogP contribution < -0.4 is 10.1 Å². The SMILES string of the molecule is Cc1ccc(OCc2c(C(=O)Nc3c(C)cccc3C)noc2C)c(C)c1. The fourth-order valence-corrected chi connectivity index (χ4v) is 3.04. The highest BCUT2D eigenvalue weighted by molar-refractivity contribution is 6.04. The van der Waals surface area contributed by atoms with Crippen molar-refractivity contribution in [3.05, 3.63) is 75.7 Å². The Morgan fingerprint density at radius 3 is 2.41 bits per heavy atom. The van der Waals surface area contributed by atoms with Crippen LogP contribution in [-0.4, -0.2) is 11.1 Å². The molecule has 5 nitrogen and oxygen atoms in total. The lowest BCUT2D eigenvalue weighted by Gasteiger charge is -2.12. The van der Waals surface area contributed by atoms with E-state index in [4.69, 9.17) is 9.26 Å². The molecule has 0 unspecified atom stereocenters. The zero-order valence-electron chi connectivity index (χ0n) is 16.3. The summed E-state index contributed by atoms with van der Waals surface area (Å²) in [5.41, 5.74) is 5.91. The third kappa shape index (κ3) is 4.03. The molecule has 5 heteroatoms. The molecule has 140 valence electrons. The number of anilines is 1. The Morgan fingerprint density at radius 1 is 1.04 bits per heavy atom. The van der Waals surface area contributed by atoms with E-state index in [1.165, 1.54) is 5.56 Å². The number of nitrogens with zero attached hydrogens (tertiary/aromatic N) is 1. The summed E-state index contributed by atoms with van der Waals surface area (Å²) in [5.74, 6) is 1.05. The van der Waals surface area contributed by atoms with Gasteiger partial charge in [0.2, 0.25) is 0 Å². The van der Waals surface area contributed by atoms with Gasteiger partial charge in [0.05, 0.1) is 5.56 Å². The number of rotatable bonds is 5. The van der Waals surface area contributed by atoms with Gasteiger partial charge < -0.3 is 14.6 Å². The predicted octanol–water partition coefficient (Wildman–Crippen LogP) is 5.05. The molecule has 0 aliphatic carbocycles. The molecule has 1 amide bonds. The molecule has 0 atom stereocenters. The van der Waals surface area contributed by atoms with Crippen molar-refractivity contribution in [1.82, 2.24) is 5.16 Å². The number of aromatic nitrogens is 1. The number of amides is 1. The molecule has 0 radical (unpaired) electrons. The fraction of sp³-hybridized carbons (Fsp3) is 0.273. The van der Waals surface area contributed by atoms with Gasteiger partial charge in [-0.15, -0.1) is 0 Å². The molecule has 0 aliphatic heterocycles. The summed E-state index contributed by atoms with van der Waals surface area (Å²) in [4.78, 5) is 12.8. The van der Waals surface area contributed by atoms with Crippen molar-refractivity contribution < 1.29 is 14.1 Å². The van der Waals surface area contributed by atoms with Crippen LogP contribution in [0, 0.1) is 34.6 Å². The molecule has 0 bridgehead atoms. The molecular formula is C22H24N2O3. The zero-order valence-corrected chi connectivity index (χ0v) is 16.3. The normalized spacial score (nSPS) is 10.7. The molecule has 1 heterocycles. The van der Waals surface area contributed by atoms with Gasteiger partial charge in [0.15, 0.2) is 5.69 Å². The predicted molar refractivity (Wildman–Crippen MR) is 105 cm³/mol. The van der Waals surface area contributed by atoms with Crippen molar-refractivity contribution >= 4 is 11.6 Å². The second-order valence-electron chi connectivity index (χ2n) is 6.84. The second kappa shape index (κ2) is 7.66. The highest BCUT2D eigenvalue weighted by Gasteiger charge is 2.21. The Kier molecular flexibility index (Phi) is 5.31. The van der Waals surface area contributed by atoms with Crippen LogP contribution in [0.25, 0.3) is 0 Å². The summed E-state index contributed by atoms with van der Waals surface area (Å²) >= 11 is 0. The molecule has 0 saturated heterocycles. The number of benzene rings is 2. The minimum absolute atomic E-state index is 0.217. The minimum Gasteiger partial charge on any atom is -0.488 e. The van der Waals surface area contributed by atoms with Gasteiger partial charge in [0, 0.05) is 5.69 Å². The maximum absolute atomic E-state index is 12.8. The summed E-state index contributed by atoms with van der Waals surface area (Å²) in [7, 11) is 0. The van der Waals surface area contributed by atoms with E-state index in [2.05, 4.69) is 16.5 Å². The zero-order chi connectivity index (χ0) is 19.6. The molecule has 3 rings (SSSR count). The molecule has 0 saturated carbocycles. The van der Waals surface area contributed by atoms with E-state index in [1.807, 2.05) is 58.0 Å². The monoisotopic (exact) mass is 364 g/mol. The number of ether oxygens (including phenoxy) is 1. The van der Waals surface area contributed by atoms with Crippen molar-refractivity contribution in [2.75, 3.05) is 5.32 Å². The molecule has 2 aromatic carbocycles. The van der Waals surface area contributed by atoms with E-state index in [0.717, 1.165) is 28.1 Å². The highest BCUT2D eigenvalue weighted by atomic mass is 16.5. The molecule has 0 fully saturated rings. The van der Waals surface area contributed by atoms with E-state index < -0.39 is 0 Å². The summed E-state index contributed by atoms with van der Waals surface area (Å²) in [6.45, 7) is 9.95. The maximum atomic E-state index is 12.8. The van der Waals surface area contributed by atoms with Gasteiger partial charge in [-0.3, -0.25) is 4.79 Å². The van der Waals surface area contributed by atoms with Crippen LogP contribution >= 0.6 is 0 Å². The molecule has 0 aliphatic rings. The molecule has 0 spiro atoms. The summed E-state index contributed by atoms with van der Waals surface area (Å²) in [6.07, 6.45) is 0. The third-order valence-corrected chi connectivity index (χ3v) is 4.62. The number of aryl methyl sites for hydroxylation is 5. The van der Waals surface area contributed by atoms with Crippen molar-refractivity contribution in [1.29, 1.82) is 0 Å². The van der Waals surface area contributed by atoms with Crippen LogP contribution in [-0.2, 0) is 6.61 Å². The van der Waals surface area contributed by atoms with Crippen molar-refractivity contribution in [3.8, 4) is 5.75 Å². The van der Waals surface area contributed by atoms with Crippen LogP contribution in [0.15, 0.2) is 40.9 Å². The first-order valence-electron chi connectivity index (χ1n) is 8.89. The number of nitrogens with one attached hydrogen (secondary N) is 1. The van der Waals surface area contributed by atoms with E-state index in [9.17, 15) is 4.79 Å². The first-order chi connectivity index (χ1) is 12.9. The van der Waals surface area contributed by atoms with Crippen LogP contribution in [0.3, 0.4) is 0 Å². The van der Waals surface area contributed by atoms with Gasteiger partial charge >= 0.3 is 0 Å². The van der Waals surface area contributed by atoms with Gasteiger partial charge in [0.25, 0.3) is 5.91 Å². The summed E-state index contributed by atoms with van der Waals surface area (Å²) in [6, 6.07) is 11.9. The average Bonchev–Trinajstić information content (AvgIpc) is 2.98. The van der Waals surface area contributed by atoms with Gasteiger partial charge in [-0.2, -0.15) is 0 Å². The topological polar surface area (TPSA) is 64.4 Å². The first-order valence-corrected chi connectivity index (χ1v) is 8.89. The van der Waals surface area contributed by atoms with E-state index in [-0.39, 0.29) is 18.2 Å². The lowest BCUT2D eigenvalue weighted by molar-refractivity contribution is 0.101. The largest absolute Gasteiger partial charge is 0.488 e. The average molecular weight is 364 g/mol. The highest BCUT2D eigenvalue weighted by Crippen LogP contribution is 2.24. The van der Waals surface area contributed by atoms with Crippen LogP contribution in [0.4, 0.5) is 5.69 Å². The lowest BCUT2D eigenvalue weighted by atomic mass is 10.1. The Hall–Kier alpha value is -3.08. The Balaban J connectivity index is 1.80. The standard InChI is InChI=1S/C22H24N2O3/c1-13-9-10-19(16(4)11-13)26-12-18-17(5)27-24-21(18)22(25)23-20-14(2)7-6-8-15(20)3/h6-11H,12H2,1-5H3,(H,23,25). The number of hydrogen-bond acceptors (Lipinski definition) is 4. The van der Waals surface area contributed by atoms with E-state index in [0.29, 0.717) is 11.3 Å². The minimum atomic E-state index is -0.302. The first kappa shape index (κ1) is 18.7. The second-order valence-corrected chi connectivity index (χ2v) is 6.84. The number of carbonyl (C=O) groups is 1. The Morgan fingerprint density at radius 2 is 1.74 bits per heavy atom. The molecule has 1 aromatic heterocycles. The van der Waals surface area contributed by atoms with Gasteiger partial charge in [-0.1, -0.05) is 41.1 Å². The smallest absolute Gasteiger partial charge is 0.278 e. The molecule has 1 N–H and O–H groups in total. The number of para-hydroxylation sites is 1. The Bertz CT molecular complexity index is 969. The van der Waals surface area contributed by atoms with Gasteiger partial charge in [-0.05, 0) is 57.4 Å². The van der Waals surface area contributed by atoms with Gasteiger partial charge in [-0.25, -0.2) is 0 Å². The van der Waals surface area contributed by atoms with Gasteiger partial charge in [0.1, 0.15) is 18.1 Å². The number of carbonyl (C=O) groups excluding carboxylic acids is 1. The van der Waals surface area contributed by atoms with Crippen molar-refractivity contribution in [2.24, 2.45) is 0 Å². The summed E-state index contributed by atoms with van der Waals surface area (Å²) in [5, 5.41) is 6.90. The third-order valence-electron chi connectivity index (χ3n) is 4.62. The molecule has 3 aromatic rings. The Labute approximate surface area is 159 Å². The summed E-state index contributed by atoms with van der Waals surface area (Å²) < 4.78 is 11.2. The fourth-order valence-electron chi connectivity index (χ4n) is 3.04. The van der Waals surface area contributed by atoms with Crippen molar-refractivity contribution in [2.45, 2.75) is 41.2 Å². The van der Waals surface area contributed by atoms with Crippen molar-refractivity contribution in [3.63, 3.8) is 0 Å². The molecule has 27 heavy (non-hydrogen) atoms. The van der Waals surface area contributed by atoms with Crippen LogP contribution in [0.5, 0.6) is 5.75 Å². The van der Waals surface area contributed by atoms with E-state index in [1.54, 1.807) is 6.92 Å². The number of hydrogen-bond donors (Lipinski definition) is 1. The van der Waals surface area contributed by atoms with E-state index >= 15 is 0 Å².